The van der Waals surface area contributed by atoms with Gasteiger partial charge in [-0.05, 0) is 31.5 Å². The molecule has 3 N–H and O–H groups in total. The van der Waals surface area contributed by atoms with Gasteiger partial charge in [0.05, 0.1) is 0 Å². The van der Waals surface area contributed by atoms with Crippen LogP contribution in [0.2, 0.25) is 0 Å². The quantitative estimate of drug-likeness (QED) is 0.653. The van der Waals surface area contributed by atoms with Crippen LogP contribution in [0, 0.1) is 0 Å². The third kappa shape index (κ3) is 5.04. The summed E-state index contributed by atoms with van der Waals surface area (Å²) in [7, 11) is 0. The van der Waals surface area contributed by atoms with Crippen LogP contribution < -0.4 is 21.9 Å². The minimum absolute atomic E-state index is 0.274. The highest BCUT2D eigenvalue weighted by Crippen LogP contribution is 2.10. The standard InChI is InChI=1S/C18H25N5O2/c24-17-14-16(20-15-6-2-1-3-7-15)21-18(25)23(17)11-5-4-10-22-12-8-19-9-13-22/h1-3,6-7,14,19-20H,4-5,8-13H2,(H,21,25). The van der Waals surface area contributed by atoms with Crippen molar-refractivity contribution in [3.05, 3.63) is 57.2 Å². The second kappa shape index (κ2) is 8.64. The monoisotopic (exact) mass is 343 g/mol. The van der Waals surface area contributed by atoms with E-state index in [9.17, 15) is 9.59 Å². The second-order valence-corrected chi connectivity index (χ2v) is 6.27. The predicted octanol–water partition coefficient (Wildman–Crippen LogP) is 0.966. The molecule has 2 aromatic rings. The Morgan fingerprint density at radius 3 is 2.44 bits per heavy atom. The van der Waals surface area contributed by atoms with E-state index < -0.39 is 0 Å². The van der Waals surface area contributed by atoms with Crippen LogP contribution in [-0.2, 0) is 6.54 Å². The minimum Gasteiger partial charge on any atom is -0.342 e. The number of rotatable bonds is 7. The van der Waals surface area contributed by atoms with Crippen molar-refractivity contribution in [3.8, 4) is 0 Å². The van der Waals surface area contributed by atoms with Crippen molar-refractivity contribution in [3.63, 3.8) is 0 Å². The van der Waals surface area contributed by atoms with Gasteiger partial charge in [0.1, 0.15) is 5.82 Å². The lowest BCUT2D eigenvalue weighted by Crippen LogP contribution is -2.43. The lowest BCUT2D eigenvalue weighted by Gasteiger charge is -2.27. The summed E-state index contributed by atoms with van der Waals surface area (Å²) < 4.78 is 1.27. The summed E-state index contributed by atoms with van der Waals surface area (Å²) in [5.41, 5.74) is 0.184. The number of benzene rings is 1. The lowest BCUT2D eigenvalue weighted by atomic mass is 10.2. The number of nitrogens with one attached hydrogen (secondary N) is 3. The molecular formula is C18H25N5O2. The smallest absolute Gasteiger partial charge is 0.329 e. The fourth-order valence-corrected chi connectivity index (χ4v) is 3.02. The summed E-state index contributed by atoms with van der Waals surface area (Å²) in [6, 6.07) is 10.9. The van der Waals surface area contributed by atoms with E-state index in [0.717, 1.165) is 51.3 Å². The molecule has 3 rings (SSSR count). The number of para-hydroxylation sites is 1. The number of nitrogens with zero attached hydrogens (tertiary/aromatic N) is 2. The summed E-state index contributed by atoms with van der Waals surface area (Å²) >= 11 is 0. The van der Waals surface area contributed by atoms with Gasteiger partial charge in [0.15, 0.2) is 0 Å². The van der Waals surface area contributed by atoms with Gasteiger partial charge in [0.2, 0.25) is 0 Å². The molecule has 25 heavy (non-hydrogen) atoms. The summed E-state index contributed by atoms with van der Waals surface area (Å²) in [5.74, 6) is 0.415. The Morgan fingerprint density at radius 1 is 1.00 bits per heavy atom. The summed E-state index contributed by atoms with van der Waals surface area (Å²) in [6.07, 6.45) is 1.80. The molecule has 1 fully saturated rings. The van der Waals surface area contributed by atoms with Crippen molar-refractivity contribution in [2.45, 2.75) is 19.4 Å². The zero-order valence-electron chi connectivity index (χ0n) is 14.3. The molecule has 0 bridgehead atoms. The van der Waals surface area contributed by atoms with E-state index in [4.69, 9.17) is 0 Å². The van der Waals surface area contributed by atoms with Gasteiger partial charge in [0, 0.05) is 44.5 Å². The molecule has 7 nitrogen and oxygen atoms in total. The SMILES string of the molecule is O=c1cc(Nc2ccccc2)[nH]c(=O)n1CCCCN1CCNCC1. The fourth-order valence-electron chi connectivity index (χ4n) is 3.02. The number of piperazine rings is 1. The molecule has 0 aliphatic carbocycles. The molecular weight excluding hydrogens is 318 g/mol. The van der Waals surface area contributed by atoms with Gasteiger partial charge in [0.25, 0.3) is 5.56 Å². The highest BCUT2D eigenvalue weighted by Gasteiger charge is 2.09. The van der Waals surface area contributed by atoms with Gasteiger partial charge in [-0.3, -0.25) is 14.3 Å². The van der Waals surface area contributed by atoms with Crippen LogP contribution in [-0.4, -0.2) is 47.2 Å². The Kier molecular flexibility index (Phi) is 6.03. The molecule has 0 spiro atoms. The second-order valence-electron chi connectivity index (χ2n) is 6.27. The topological polar surface area (TPSA) is 82.2 Å². The Bertz CT molecular complexity index is 747. The molecule has 2 heterocycles. The predicted molar refractivity (Wildman–Crippen MR) is 99.6 cm³/mol. The van der Waals surface area contributed by atoms with Crippen molar-refractivity contribution in [1.82, 2.24) is 19.8 Å². The Labute approximate surface area is 146 Å². The van der Waals surface area contributed by atoms with Gasteiger partial charge in [-0.25, -0.2) is 4.79 Å². The summed E-state index contributed by atoms with van der Waals surface area (Å²) in [6.45, 7) is 5.68. The Balaban J connectivity index is 1.55. The normalized spacial score (nSPS) is 15.2. The lowest BCUT2D eigenvalue weighted by molar-refractivity contribution is 0.235. The van der Waals surface area contributed by atoms with E-state index in [1.54, 1.807) is 0 Å². The maximum atomic E-state index is 12.2. The number of aromatic nitrogens is 2. The minimum atomic E-state index is -0.367. The number of hydrogen-bond donors (Lipinski definition) is 3. The molecule has 134 valence electrons. The van der Waals surface area contributed by atoms with Gasteiger partial charge in [-0.1, -0.05) is 18.2 Å². The number of anilines is 2. The van der Waals surface area contributed by atoms with E-state index in [1.165, 1.54) is 10.6 Å². The first kappa shape index (κ1) is 17.4. The third-order valence-corrected chi connectivity index (χ3v) is 4.39. The average Bonchev–Trinajstić information content (AvgIpc) is 2.62. The molecule has 1 aliphatic heterocycles. The van der Waals surface area contributed by atoms with Crippen LogP contribution in [0.25, 0.3) is 0 Å². The molecule has 0 saturated carbocycles. The highest BCUT2D eigenvalue weighted by atomic mass is 16.2. The largest absolute Gasteiger partial charge is 0.342 e. The van der Waals surface area contributed by atoms with Crippen LogP contribution in [0.15, 0.2) is 46.0 Å². The average molecular weight is 343 g/mol. The molecule has 1 aliphatic rings. The number of hydrogen-bond acceptors (Lipinski definition) is 5. The number of unbranched alkanes of at least 4 members (excludes halogenated alkanes) is 1. The van der Waals surface area contributed by atoms with E-state index >= 15 is 0 Å². The van der Waals surface area contributed by atoms with Crippen LogP contribution in [0.5, 0.6) is 0 Å². The van der Waals surface area contributed by atoms with E-state index in [-0.39, 0.29) is 11.2 Å². The summed E-state index contributed by atoms with van der Waals surface area (Å²) in [4.78, 5) is 29.6. The first-order chi connectivity index (χ1) is 12.2. The van der Waals surface area contributed by atoms with Crippen LogP contribution in [0.1, 0.15) is 12.8 Å². The third-order valence-electron chi connectivity index (χ3n) is 4.39. The number of H-pyrrole nitrogens is 1. The molecule has 0 atom stereocenters. The van der Waals surface area contributed by atoms with Crippen molar-refractivity contribution in [2.75, 3.05) is 38.0 Å². The van der Waals surface area contributed by atoms with Gasteiger partial charge in [-0.15, -0.1) is 0 Å². The maximum Gasteiger partial charge on any atom is 0.329 e. The van der Waals surface area contributed by atoms with Gasteiger partial charge >= 0.3 is 5.69 Å². The molecule has 1 aromatic heterocycles. The molecule has 0 unspecified atom stereocenters. The van der Waals surface area contributed by atoms with Crippen molar-refractivity contribution in [2.24, 2.45) is 0 Å². The van der Waals surface area contributed by atoms with Crippen molar-refractivity contribution in [1.29, 1.82) is 0 Å². The molecule has 1 saturated heterocycles. The van der Waals surface area contributed by atoms with Crippen molar-refractivity contribution < 1.29 is 0 Å². The zero-order valence-corrected chi connectivity index (χ0v) is 14.3. The molecule has 0 radical (unpaired) electrons. The number of aromatic amines is 1. The van der Waals surface area contributed by atoms with E-state index in [2.05, 4.69) is 20.5 Å². The van der Waals surface area contributed by atoms with Crippen LogP contribution in [0.4, 0.5) is 11.5 Å². The maximum absolute atomic E-state index is 12.2. The molecule has 0 amide bonds. The Morgan fingerprint density at radius 2 is 1.72 bits per heavy atom. The first-order valence-corrected chi connectivity index (χ1v) is 8.82. The fraction of sp³-hybridized carbons (Fsp3) is 0.444. The van der Waals surface area contributed by atoms with Gasteiger partial charge < -0.3 is 15.5 Å². The van der Waals surface area contributed by atoms with Crippen LogP contribution >= 0.6 is 0 Å². The molecule has 7 heteroatoms. The molecule has 1 aromatic carbocycles. The highest BCUT2D eigenvalue weighted by molar-refractivity contribution is 5.54. The van der Waals surface area contributed by atoms with E-state index in [1.807, 2.05) is 30.3 Å². The first-order valence-electron chi connectivity index (χ1n) is 8.82. The Hall–Kier alpha value is -2.38. The van der Waals surface area contributed by atoms with Crippen LogP contribution in [0.3, 0.4) is 0 Å². The zero-order chi connectivity index (χ0) is 17.5. The van der Waals surface area contributed by atoms with Crippen molar-refractivity contribution >= 4 is 11.5 Å². The van der Waals surface area contributed by atoms with E-state index in [0.29, 0.717) is 12.4 Å². The van der Waals surface area contributed by atoms with Gasteiger partial charge in [-0.2, -0.15) is 0 Å². The summed E-state index contributed by atoms with van der Waals surface area (Å²) in [5, 5.41) is 6.37.